The summed E-state index contributed by atoms with van der Waals surface area (Å²) in [6.45, 7) is 7.40. The molecule has 78 valence electrons. The second-order valence-corrected chi connectivity index (χ2v) is 3.74. The van der Waals surface area contributed by atoms with Gasteiger partial charge in [-0.3, -0.25) is 4.90 Å². The van der Waals surface area contributed by atoms with Crippen molar-refractivity contribution >= 4 is 0 Å². The third kappa shape index (κ3) is 2.36. The summed E-state index contributed by atoms with van der Waals surface area (Å²) in [6.07, 6.45) is 1.20. The molecule has 1 atom stereocenters. The summed E-state index contributed by atoms with van der Waals surface area (Å²) in [4.78, 5) is 2.41. The third-order valence-corrected chi connectivity index (χ3v) is 2.81. The van der Waals surface area contributed by atoms with Gasteiger partial charge in [0.25, 0.3) is 0 Å². The Labute approximate surface area is 87.7 Å². The van der Waals surface area contributed by atoms with Crippen molar-refractivity contribution in [3.05, 3.63) is 35.4 Å². The van der Waals surface area contributed by atoms with E-state index in [-0.39, 0.29) is 0 Å². The maximum Gasteiger partial charge on any atom is 0.0236 e. The van der Waals surface area contributed by atoms with Crippen molar-refractivity contribution in [2.24, 2.45) is 0 Å². The number of hydrogen-bond acceptors (Lipinski definition) is 1. The molecule has 1 aliphatic rings. The molecule has 0 aromatic heterocycles. The molecule has 0 spiro atoms. The van der Waals surface area contributed by atoms with Gasteiger partial charge in [-0.2, -0.15) is 0 Å². The molecule has 14 heavy (non-hydrogen) atoms. The van der Waals surface area contributed by atoms with E-state index in [1.807, 2.05) is 13.8 Å². The van der Waals surface area contributed by atoms with Crippen LogP contribution in [0.1, 0.15) is 31.9 Å². The summed E-state index contributed by atoms with van der Waals surface area (Å²) < 4.78 is 0. The summed E-state index contributed by atoms with van der Waals surface area (Å²) >= 11 is 0. The smallest absolute Gasteiger partial charge is 0.0236 e. The van der Waals surface area contributed by atoms with E-state index in [1.54, 1.807) is 0 Å². The van der Waals surface area contributed by atoms with Crippen molar-refractivity contribution in [1.29, 1.82) is 0 Å². The molecule has 0 saturated carbocycles. The van der Waals surface area contributed by atoms with E-state index >= 15 is 0 Å². The molecular weight excluding hydrogens is 170 g/mol. The summed E-state index contributed by atoms with van der Waals surface area (Å²) in [7, 11) is 2.20. The van der Waals surface area contributed by atoms with Crippen LogP contribution in [0.3, 0.4) is 0 Å². The Bertz CT molecular complexity index is 251. The lowest BCUT2D eigenvalue weighted by Gasteiger charge is -2.31. The Morgan fingerprint density at radius 2 is 1.71 bits per heavy atom. The molecular formula is C13H21N. The average molecular weight is 191 g/mol. The van der Waals surface area contributed by atoms with Crippen molar-refractivity contribution in [1.82, 2.24) is 4.90 Å². The molecule has 0 saturated heterocycles. The fraction of sp³-hybridized carbons (Fsp3) is 0.538. The normalized spacial score (nSPS) is 20.7. The van der Waals surface area contributed by atoms with Crippen molar-refractivity contribution in [2.75, 3.05) is 7.05 Å². The standard InChI is InChI=1S/C11H15N.C2H6/c1-9-7-10-5-3-4-6-11(10)8-12(9)2;1-2/h3-6,9H,7-8H2,1-2H3;1-2H3. The lowest BCUT2D eigenvalue weighted by Crippen LogP contribution is -2.34. The first-order valence-electron chi connectivity index (χ1n) is 5.54. The van der Waals surface area contributed by atoms with Gasteiger partial charge in [0.15, 0.2) is 0 Å². The Morgan fingerprint density at radius 3 is 2.36 bits per heavy atom. The van der Waals surface area contributed by atoms with E-state index in [9.17, 15) is 0 Å². The predicted molar refractivity (Wildman–Crippen MR) is 62.4 cm³/mol. The van der Waals surface area contributed by atoms with Crippen LogP contribution in [0.25, 0.3) is 0 Å². The van der Waals surface area contributed by atoms with Crippen LogP contribution in [-0.2, 0) is 13.0 Å². The van der Waals surface area contributed by atoms with E-state index in [0.717, 1.165) is 6.54 Å². The van der Waals surface area contributed by atoms with E-state index < -0.39 is 0 Å². The van der Waals surface area contributed by atoms with Gasteiger partial charge in [0.2, 0.25) is 0 Å². The number of likely N-dealkylation sites (N-methyl/N-ethyl adjacent to an activating group) is 1. The van der Waals surface area contributed by atoms with Gasteiger partial charge in [-0.15, -0.1) is 0 Å². The second kappa shape index (κ2) is 5.16. The molecule has 1 unspecified atom stereocenters. The Kier molecular flexibility index (Phi) is 4.15. The van der Waals surface area contributed by atoms with Gasteiger partial charge in [0.1, 0.15) is 0 Å². The van der Waals surface area contributed by atoms with Gasteiger partial charge in [0.05, 0.1) is 0 Å². The predicted octanol–water partition coefficient (Wildman–Crippen LogP) is 3.09. The highest BCUT2D eigenvalue weighted by molar-refractivity contribution is 5.29. The number of fused-ring (bicyclic) bond motifs is 1. The van der Waals surface area contributed by atoms with Crippen LogP contribution in [-0.4, -0.2) is 18.0 Å². The summed E-state index contributed by atoms with van der Waals surface area (Å²) in [5, 5.41) is 0. The Balaban J connectivity index is 0.000000461. The van der Waals surface area contributed by atoms with Gasteiger partial charge in [-0.1, -0.05) is 38.1 Å². The molecule has 0 N–H and O–H groups in total. The average Bonchev–Trinajstić information content (AvgIpc) is 2.23. The fourth-order valence-corrected chi connectivity index (χ4v) is 1.81. The fourth-order valence-electron chi connectivity index (χ4n) is 1.81. The largest absolute Gasteiger partial charge is 0.299 e. The molecule has 0 amide bonds. The zero-order valence-electron chi connectivity index (χ0n) is 9.75. The van der Waals surface area contributed by atoms with Crippen LogP contribution in [0, 0.1) is 0 Å². The highest BCUT2D eigenvalue weighted by atomic mass is 15.1. The lowest BCUT2D eigenvalue weighted by atomic mass is 9.96. The molecule has 0 bridgehead atoms. The van der Waals surface area contributed by atoms with Gasteiger partial charge in [-0.05, 0) is 31.5 Å². The number of benzene rings is 1. The minimum Gasteiger partial charge on any atom is -0.299 e. The van der Waals surface area contributed by atoms with E-state index in [1.165, 1.54) is 17.5 Å². The molecule has 0 radical (unpaired) electrons. The summed E-state index contributed by atoms with van der Waals surface area (Å²) in [5.41, 5.74) is 3.03. The first kappa shape index (κ1) is 11.3. The van der Waals surface area contributed by atoms with E-state index in [2.05, 4.69) is 43.1 Å². The minimum atomic E-state index is 0.694. The minimum absolute atomic E-state index is 0.694. The second-order valence-electron chi connectivity index (χ2n) is 3.74. The highest BCUT2D eigenvalue weighted by Gasteiger charge is 2.18. The van der Waals surface area contributed by atoms with Crippen LogP contribution in [0.15, 0.2) is 24.3 Å². The molecule has 2 rings (SSSR count). The zero-order valence-corrected chi connectivity index (χ0v) is 9.75. The van der Waals surface area contributed by atoms with Gasteiger partial charge >= 0.3 is 0 Å². The first-order valence-corrected chi connectivity index (χ1v) is 5.54. The zero-order chi connectivity index (χ0) is 10.6. The maximum atomic E-state index is 2.41. The quantitative estimate of drug-likeness (QED) is 0.609. The number of rotatable bonds is 0. The summed E-state index contributed by atoms with van der Waals surface area (Å²) in [6, 6.07) is 9.44. The molecule has 1 nitrogen and oxygen atoms in total. The number of hydrogen-bond donors (Lipinski definition) is 0. The topological polar surface area (TPSA) is 3.24 Å². The molecule has 1 aromatic carbocycles. The maximum absolute atomic E-state index is 2.41. The van der Waals surface area contributed by atoms with Crippen LogP contribution in [0.5, 0.6) is 0 Å². The van der Waals surface area contributed by atoms with Crippen LogP contribution in [0.4, 0.5) is 0 Å². The Hall–Kier alpha value is -0.820. The van der Waals surface area contributed by atoms with Crippen LogP contribution < -0.4 is 0 Å². The van der Waals surface area contributed by atoms with Crippen molar-refractivity contribution in [3.63, 3.8) is 0 Å². The van der Waals surface area contributed by atoms with Crippen molar-refractivity contribution in [3.8, 4) is 0 Å². The molecule has 0 fully saturated rings. The summed E-state index contributed by atoms with van der Waals surface area (Å²) in [5.74, 6) is 0. The van der Waals surface area contributed by atoms with Crippen molar-refractivity contribution < 1.29 is 0 Å². The molecule has 0 aliphatic carbocycles. The van der Waals surface area contributed by atoms with Gasteiger partial charge in [0, 0.05) is 12.6 Å². The Morgan fingerprint density at radius 1 is 1.14 bits per heavy atom. The molecule has 1 heteroatoms. The first-order chi connectivity index (χ1) is 6.77. The monoisotopic (exact) mass is 191 g/mol. The number of nitrogens with zero attached hydrogens (tertiary/aromatic N) is 1. The van der Waals surface area contributed by atoms with Gasteiger partial charge in [-0.25, -0.2) is 0 Å². The SMILES string of the molecule is CC.CC1Cc2ccccc2CN1C. The van der Waals surface area contributed by atoms with Crippen LogP contribution >= 0.6 is 0 Å². The van der Waals surface area contributed by atoms with Gasteiger partial charge < -0.3 is 0 Å². The van der Waals surface area contributed by atoms with Crippen molar-refractivity contribution in [2.45, 2.75) is 39.8 Å². The lowest BCUT2D eigenvalue weighted by molar-refractivity contribution is 0.231. The molecule has 1 heterocycles. The van der Waals surface area contributed by atoms with E-state index in [0.29, 0.717) is 6.04 Å². The van der Waals surface area contributed by atoms with E-state index in [4.69, 9.17) is 0 Å². The highest BCUT2D eigenvalue weighted by Crippen LogP contribution is 2.20. The molecule has 1 aliphatic heterocycles. The third-order valence-electron chi connectivity index (χ3n) is 2.81. The molecule has 1 aromatic rings. The van der Waals surface area contributed by atoms with Crippen LogP contribution in [0.2, 0.25) is 0 Å².